The number of primary amides is 1. The van der Waals surface area contributed by atoms with Gasteiger partial charge in [-0.2, -0.15) is 0 Å². The molecule has 12 heavy (non-hydrogen) atoms. The van der Waals surface area contributed by atoms with Crippen molar-refractivity contribution in [1.29, 1.82) is 0 Å². The van der Waals surface area contributed by atoms with Gasteiger partial charge in [0.05, 0.1) is 11.3 Å². The fraction of sp³-hybridized carbons (Fsp3) is 0.125. The highest BCUT2D eigenvalue weighted by molar-refractivity contribution is 9.10. The van der Waals surface area contributed by atoms with Crippen molar-refractivity contribution >= 4 is 27.5 Å². The van der Waals surface area contributed by atoms with Gasteiger partial charge in [-0.25, -0.2) is 0 Å². The second kappa shape index (κ2) is 3.58. The van der Waals surface area contributed by atoms with Crippen LogP contribution in [0, 0.1) is 0 Å². The Labute approximate surface area is 79.1 Å². The zero-order valence-electron chi connectivity index (χ0n) is 6.60. The van der Waals surface area contributed by atoms with Crippen molar-refractivity contribution in [3.63, 3.8) is 0 Å². The lowest BCUT2D eigenvalue weighted by molar-refractivity contribution is 0.100. The van der Waals surface area contributed by atoms with Gasteiger partial charge in [0, 0.05) is 11.5 Å². The first kappa shape index (κ1) is 9.06. The van der Waals surface area contributed by atoms with Crippen LogP contribution in [0.25, 0.3) is 0 Å². The van der Waals surface area contributed by atoms with Crippen molar-refractivity contribution in [2.45, 2.75) is 0 Å². The lowest BCUT2D eigenvalue weighted by Crippen LogP contribution is -2.13. The summed E-state index contributed by atoms with van der Waals surface area (Å²) in [5.74, 6) is -0.430. The van der Waals surface area contributed by atoms with Crippen LogP contribution in [0.2, 0.25) is 0 Å². The van der Waals surface area contributed by atoms with Crippen LogP contribution >= 0.6 is 15.9 Å². The van der Waals surface area contributed by atoms with Crippen molar-refractivity contribution in [3.05, 3.63) is 28.2 Å². The second-order valence-corrected chi connectivity index (χ2v) is 3.13. The van der Waals surface area contributed by atoms with Crippen LogP contribution in [-0.4, -0.2) is 13.0 Å². The van der Waals surface area contributed by atoms with Crippen molar-refractivity contribution in [3.8, 4) is 0 Å². The summed E-state index contributed by atoms with van der Waals surface area (Å²) in [5, 5.41) is 2.90. The Bertz CT molecular complexity index is 312. The van der Waals surface area contributed by atoms with Crippen LogP contribution in [0.3, 0.4) is 0 Å². The Hall–Kier alpha value is -1.03. The van der Waals surface area contributed by atoms with Gasteiger partial charge in [-0.1, -0.05) is 6.07 Å². The van der Waals surface area contributed by atoms with Gasteiger partial charge in [0.25, 0.3) is 5.91 Å². The van der Waals surface area contributed by atoms with Crippen LogP contribution in [0.15, 0.2) is 22.7 Å². The molecule has 0 spiro atoms. The Kier molecular flexibility index (Phi) is 2.70. The highest BCUT2D eigenvalue weighted by atomic mass is 79.9. The third-order valence-electron chi connectivity index (χ3n) is 1.53. The highest BCUT2D eigenvalue weighted by Gasteiger charge is 2.08. The average Bonchev–Trinajstić information content (AvgIpc) is 2.03. The van der Waals surface area contributed by atoms with E-state index in [1.807, 2.05) is 6.07 Å². The lowest BCUT2D eigenvalue weighted by Gasteiger charge is -2.07. The molecular formula is C8H9BrN2O. The first-order chi connectivity index (χ1) is 5.66. The SMILES string of the molecule is CNc1c(Br)cccc1C(N)=O. The number of anilines is 1. The molecule has 1 aromatic rings. The topological polar surface area (TPSA) is 55.1 Å². The van der Waals surface area contributed by atoms with E-state index in [4.69, 9.17) is 5.73 Å². The predicted octanol–water partition coefficient (Wildman–Crippen LogP) is 1.59. The maximum Gasteiger partial charge on any atom is 0.250 e. The van der Waals surface area contributed by atoms with Gasteiger partial charge in [0.1, 0.15) is 0 Å². The molecule has 3 N–H and O–H groups in total. The van der Waals surface area contributed by atoms with Crippen LogP contribution in [0.5, 0.6) is 0 Å². The minimum atomic E-state index is -0.430. The number of para-hydroxylation sites is 1. The van der Waals surface area contributed by atoms with Crippen LogP contribution in [0.1, 0.15) is 10.4 Å². The molecule has 0 aliphatic heterocycles. The van der Waals surface area contributed by atoms with E-state index in [0.29, 0.717) is 5.56 Å². The number of halogens is 1. The molecule has 0 bridgehead atoms. The number of rotatable bonds is 2. The number of nitrogens with two attached hydrogens (primary N) is 1. The molecule has 0 fully saturated rings. The maximum absolute atomic E-state index is 10.9. The zero-order valence-corrected chi connectivity index (χ0v) is 8.18. The van der Waals surface area contributed by atoms with Crippen molar-refractivity contribution in [2.75, 3.05) is 12.4 Å². The Morgan fingerprint density at radius 2 is 2.25 bits per heavy atom. The van der Waals surface area contributed by atoms with Crippen LogP contribution in [0.4, 0.5) is 5.69 Å². The van der Waals surface area contributed by atoms with E-state index >= 15 is 0 Å². The highest BCUT2D eigenvalue weighted by Crippen LogP contribution is 2.25. The number of carbonyl (C=O) groups excluding carboxylic acids is 1. The molecular weight excluding hydrogens is 220 g/mol. The second-order valence-electron chi connectivity index (χ2n) is 2.28. The summed E-state index contributed by atoms with van der Waals surface area (Å²) in [5.41, 5.74) is 6.38. The molecule has 0 aliphatic rings. The fourth-order valence-electron chi connectivity index (χ4n) is 0.984. The van der Waals surface area contributed by atoms with Crippen LogP contribution < -0.4 is 11.1 Å². The molecule has 4 heteroatoms. The van der Waals surface area contributed by atoms with Gasteiger partial charge in [-0.3, -0.25) is 4.79 Å². The first-order valence-electron chi connectivity index (χ1n) is 3.43. The van der Waals surface area contributed by atoms with E-state index < -0.39 is 5.91 Å². The van der Waals surface area contributed by atoms with E-state index in [1.54, 1.807) is 19.2 Å². The molecule has 1 amide bonds. The number of hydrogen-bond acceptors (Lipinski definition) is 2. The largest absolute Gasteiger partial charge is 0.387 e. The molecule has 0 heterocycles. The summed E-state index contributed by atoms with van der Waals surface area (Å²) < 4.78 is 0.835. The minimum absolute atomic E-state index is 0.430. The summed E-state index contributed by atoms with van der Waals surface area (Å²) in [6, 6.07) is 5.29. The monoisotopic (exact) mass is 228 g/mol. The summed E-state index contributed by atoms with van der Waals surface area (Å²) >= 11 is 3.31. The van der Waals surface area contributed by atoms with Gasteiger partial charge in [-0.15, -0.1) is 0 Å². The van der Waals surface area contributed by atoms with Gasteiger partial charge in [0.15, 0.2) is 0 Å². The van der Waals surface area contributed by atoms with Crippen molar-refractivity contribution in [2.24, 2.45) is 5.73 Å². The summed E-state index contributed by atoms with van der Waals surface area (Å²) in [7, 11) is 1.74. The molecule has 0 unspecified atom stereocenters. The van der Waals surface area contributed by atoms with Crippen molar-refractivity contribution < 1.29 is 4.79 Å². The van der Waals surface area contributed by atoms with Gasteiger partial charge >= 0.3 is 0 Å². The summed E-state index contributed by atoms with van der Waals surface area (Å²) in [6.07, 6.45) is 0. The maximum atomic E-state index is 10.9. The standard InChI is InChI=1S/C8H9BrN2O/c1-11-7-5(8(10)12)3-2-4-6(7)9/h2-4,11H,1H3,(H2,10,12). The van der Waals surface area contributed by atoms with E-state index in [-0.39, 0.29) is 0 Å². The third-order valence-corrected chi connectivity index (χ3v) is 2.19. The van der Waals surface area contributed by atoms with Crippen LogP contribution in [-0.2, 0) is 0 Å². The average molecular weight is 229 g/mol. The molecule has 0 saturated carbocycles. The van der Waals surface area contributed by atoms with E-state index in [2.05, 4.69) is 21.2 Å². The van der Waals surface area contributed by atoms with E-state index in [0.717, 1.165) is 10.2 Å². The molecule has 64 valence electrons. The number of carbonyl (C=O) groups is 1. The van der Waals surface area contributed by atoms with E-state index in [1.165, 1.54) is 0 Å². The molecule has 0 saturated heterocycles. The fourth-order valence-corrected chi connectivity index (χ4v) is 1.55. The van der Waals surface area contributed by atoms with Gasteiger partial charge in [0.2, 0.25) is 0 Å². The molecule has 1 aromatic carbocycles. The Morgan fingerprint density at radius 1 is 1.58 bits per heavy atom. The third kappa shape index (κ3) is 1.58. The quantitative estimate of drug-likeness (QED) is 0.808. The molecule has 0 aromatic heterocycles. The molecule has 0 atom stereocenters. The zero-order chi connectivity index (χ0) is 9.14. The predicted molar refractivity (Wildman–Crippen MR) is 52.2 cm³/mol. The van der Waals surface area contributed by atoms with Gasteiger partial charge in [-0.05, 0) is 28.1 Å². The van der Waals surface area contributed by atoms with E-state index in [9.17, 15) is 4.79 Å². The lowest BCUT2D eigenvalue weighted by atomic mass is 10.2. The first-order valence-corrected chi connectivity index (χ1v) is 4.22. The minimum Gasteiger partial charge on any atom is -0.387 e. The number of amides is 1. The Balaban J connectivity index is 3.27. The number of benzene rings is 1. The molecule has 0 aliphatic carbocycles. The molecule has 1 rings (SSSR count). The van der Waals surface area contributed by atoms with Crippen molar-refractivity contribution in [1.82, 2.24) is 0 Å². The van der Waals surface area contributed by atoms with Gasteiger partial charge < -0.3 is 11.1 Å². The number of nitrogens with one attached hydrogen (secondary N) is 1. The smallest absolute Gasteiger partial charge is 0.250 e. The summed E-state index contributed by atoms with van der Waals surface area (Å²) in [4.78, 5) is 10.9. The number of hydrogen-bond donors (Lipinski definition) is 2. The Morgan fingerprint density at radius 3 is 2.67 bits per heavy atom. The normalized spacial score (nSPS) is 9.50. The molecule has 0 radical (unpaired) electrons. The molecule has 3 nitrogen and oxygen atoms in total. The summed E-state index contributed by atoms with van der Waals surface area (Å²) in [6.45, 7) is 0.